The van der Waals surface area contributed by atoms with Crippen molar-refractivity contribution in [1.82, 2.24) is 10.2 Å². The zero-order valence-electron chi connectivity index (χ0n) is 12.0. The molecule has 0 saturated heterocycles. The minimum atomic E-state index is 0.368. The topological polar surface area (TPSA) is 37.6 Å². The number of nitrogens with one attached hydrogen (secondary N) is 1. The van der Waals surface area contributed by atoms with E-state index in [0.29, 0.717) is 12.1 Å². The predicted octanol–water partition coefficient (Wildman–Crippen LogP) is 2.11. The van der Waals surface area contributed by atoms with Gasteiger partial charge in [-0.1, -0.05) is 20.8 Å². The zero-order chi connectivity index (χ0) is 13.4. The third kappa shape index (κ3) is 5.21. The lowest BCUT2D eigenvalue weighted by Crippen LogP contribution is -2.46. The molecule has 18 heavy (non-hydrogen) atoms. The molecule has 0 fully saturated rings. The van der Waals surface area contributed by atoms with Gasteiger partial charge in [0.1, 0.15) is 5.76 Å². The first-order valence-electron chi connectivity index (χ1n) is 6.66. The van der Waals surface area contributed by atoms with Gasteiger partial charge in [-0.25, -0.2) is 0 Å². The quantitative estimate of drug-likeness (QED) is 0.732. The molecule has 104 valence electrons. The summed E-state index contributed by atoms with van der Waals surface area (Å²) in [5, 5.41) is 3.47. The summed E-state index contributed by atoms with van der Waals surface area (Å²) in [5.74, 6) is 1.00. The van der Waals surface area contributed by atoms with E-state index in [1.165, 1.54) is 0 Å². The number of methoxy groups -OCH3 is 1. The first kappa shape index (κ1) is 15.2. The van der Waals surface area contributed by atoms with Crippen molar-refractivity contribution in [3.05, 3.63) is 24.2 Å². The Kier molecular flexibility index (Phi) is 7.01. The van der Waals surface area contributed by atoms with Crippen molar-refractivity contribution >= 4 is 0 Å². The van der Waals surface area contributed by atoms with Gasteiger partial charge >= 0.3 is 0 Å². The number of nitrogens with zero attached hydrogens (tertiary/aromatic N) is 1. The van der Waals surface area contributed by atoms with Crippen molar-refractivity contribution in [2.45, 2.75) is 39.4 Å². The monoisotopic (exact) mass is 254 g/mol. The summed E-state index contributed by atoms with van der Waals surface area (Å²) in [7, 11) is 1.75. The summed E-state index contributed by atoms with van der Waals surface area (Å²) in [6.45, 7) is 9.96. The van der Waals surface area contributed by atoms with Gasteiger partial charge in [0.25, 0.3) is 0 Å². The highest BCUT2D eigenvalue weighted by atomic mass is 16.5. The van der Waals surface area contributed by atoms with Crippen LogP contribution in [0.4, 0.5) is 0 Å². The molecule has 4 heteroatoms. The SMILES string of the molecule is CCN(Cc1ccco1)C(CNC(C)C)COC. The first-order chi connectivity index (χ1) is 8.67. The molecule has 0 aromatic carbocycles. The average Bonchev–Trinajstić information content (AvgIpc) is 2.84. The van der Waals surface area contributed by atoms with Crippen LogP contribution in [0.15, 0.2) is 22.8 Å². The Labute approximate surface area is 110 Å². The molecule has 1 heterocycles. The van der Waals surface area contributed by atoms with Gasteiger partial charge in [0.2, 0.25) is 0 Å². The van der Waals surface area contributed by atoms with Crippen molar-refractivity contribution in [3.63, 3.8) is 0 Å². The van der Waals surface area contributed by atoms with E-state index in [1.54, 1.807) is 13.4 Å². The molecule has 0 aliphatic carbocycles. The molecule has 1 rings (SSSR count). The summed E-state index contributed by atoms with van der Waals surface area (Å²) < 4.78 is 10.7. The third-order valence-electron chi connectivity index (χ3n) is 2.98. The molecule has 0 amide bonds. The van der Waals surface area contributed by atoms with Gasteiger partial charge in [0.15, 0.2) is 0 Å². The van der Waals surface area contributed by atoms with Gasteiger partial charge in [0, 0.05) is 25.7 Å². The van der Waals surface area contributed by atoms with Gasteiger partial charge in [-0.3, -0.25) is 4.90 Å². The Morgan fingerprint density at radius 3 is 2.72 bits per heavy atom. The van der Waals surface area contributed by atoms with Crippen LogP contribution in [0.1, 0.15) is 26.5 Å². The fraction of sp³-hybridized carbons (Fsp3) is 0.714. The smallest absolute Gasteiger partial charge is 0.117 e. The molecular formula is C14H26N2O2. The van der Waals surface area contributed by atoms with Crippen LogP contribution in [0.3, 0.4) is 0 Å². The summed E-state index contributed by atoms with van der Waals surface area (Å²) in [4.78, 5) is 2.37. The van der Waals surface area contributed by atoms with Gasteiger partial charge in [0.05, 0.1) is 19.4 Å². The van der Waals surface area contributed by atoms with E-state index in [-0.39, 0.29) is 0 Å². The largest absolute Gasteiger partial charge is 0.468 e. The molecule has 1 N–H and O–H groups in total. The summed E-state index contributed by atoms with van der Waals surface area (Å²) >= 11 is 0. The Morgan fingerprint density at radius 1 is 1.44 bits per heavy atom. The number of hydrogen-bond acceptors (Lipinski definition) is 4. The number of rotatable bonds is 9. The molecule has 0 aliphatic rings. The van der Waals surface area contributed by atoms with Crippen LogP contribution < -0.4 is 5.32 Å². The summed E-state index contributed by atoms with van der Waals surface area (Å²) in [6.07, 6.45) is 1.72. The second kappa shape index (κ2) is 8.29. The zero-order valence-corrected chi connectivity index (χ0v) is 12.0. The minimum Gasteiger partial charge on any atom is -0.468 e. The first-order valence-corrected chi connectivity index (χ1v) is 6.66. The maximum Gasteiger partial charge on any atom is 0.117 e. The fourth-order valence-corrected chi connectivity index (χ4v) is 1.96. The molecule has 1 aromatic heterocycles. The fourth-order valence-electron chi connectivity index (χ4n) is 1.96. The summed E-state index contributed by atoms with van der Waals surface area (Å²) in [5.41, 5.74) is 0. The molecule has 1 aromatic rings. The van der Waals surface area contributed by atoms with E-state index in [0.717, 1.165) is 32.0 Å². The number of furan rings is 1. The maximum absolute atomic E-state index is 5.42. The van der Waals surface area contributed by atoms with Crippen molar-refractivity contribution in [2.75, 3.05) is 26.8 Å². The van der Waals surface area contributed by atoms with Gasteiger partial charge in [-0.15, -0.1) is 0 Å². The highest BCUT2D eigenvalue weighted by molar-refractivity contribution is 4.98. The van der Waals surface area contributed by atoms with E-state index in [4.69, 9.17) is 9.15 Å². The molecule has 0 aliphatic heterocycles. The summed E-state index contributed by atoms with van der Waals surface area (Å²) in [6, 6.07) is 4.81. The number of ether oxygens (including phenoxy) is 1. The van der Waals surface area contributed by atoms with Gasteiger partial charge in [-0.2, -0.15) is 0 Å². The highest BCUT2D eigenvalue weighted by Crippen LogP contribution is 2.09. The van der Waals surface area contributed by atoms with Gasteiger partial charge in [-0.05, 0) is 18.7 Å². The van der Waals surface area contributed by atoms with E-state index in [9.17, 15) is 0 Å². The van der Waals surface area contributed by atoms with Crippen LogP contribution in [0.2, 0.25) is 0 Å². The van der Waals surface area contributed by atoms with Crippen molar-refractivity contribution in [2.24, 2.45) is 0 Å². The van der Waals surface area contributed by atoms with Crippen LogP contribution >= 0.6 is 0 Å². The second-order valence-corrected chi connectivity index (χ2v) is 4.81. The Hall–Kier alpha value is -0.840. The minimum absolute atomic E-state index is 0.368. The van der Waals surface area contributed by atoms with Crippen molar-refractivity contribution in [1.29, 1.82) is 0 Å². The van der Waals surface area contributed by atoms with Crippen LogP contribution in [-0.4, -0.2) is 43.8 Å². The molecule has 1 unspecified atom stereocenters. The molecular weight excluding hydrogens is 228 g/mol. The number of likely N-dealkylation sites (N-methyl/N-ethyl adjacent to an activating group) is 1. The van der Waals surface area contributed by atoms with Crippen LogP contribution in [0.25, 0.3) is 0 Å². The maximum atomic E-state index is 5.42. The predicted molar refractivity (Wildman–Crippen MR) is 73.6 cm³/mol. The standard InChI is InChI=1S/C14H26N2O2/c1-5-16(10-14-7-6-8-18-14)13(11-17-4)9-15-12(2)3/h6-8,12-13,15H,5,9-11H2,1-4H3. The molecule has 0 spiro atoms. The third-order valence-corrected chi connectivity index (χ3v) is 2.98. The molecule has 4 nitrogen and oxygen atoms in total. The Bertz CT molecular complexity index is 299. The molecule has 1 atom stereocenters. The lowest BCUT2D eigenvalue weighted by Gasteiger charge is -2.30. The second-order valence-electron chi connectivity index (χ2n) is 4.81. The van der Waals surface area contributed by atoms with E-state index >= 15 is 0 Å². The van der Waals surface area contributed by atoms with Crippen LogP contribution in [0, 0.1) is 0 Å². The highest BCUT2D eigenvalue weighted by Gasteiger charge is 2.18. The molecule has 0 radical (unpaired) electrons. The molecule has 0 bridgehead atoms. The normalized spacial score (nSPS) is 13.4. The lowest BCUT2D eigenvalue weighted by molar-refractivity contribution is 0.0823. The van der Waals surface area contributed by atoms with Crippen LogP contribution in [0.5, 0.6) is 0 Å². The number of hydrogen-bond donors (Lipinski definition) is 1. The van der Waals surface area contributed by atoms with Crippen LogP contribution in [-0.2, 0) is 11.3 Å². The average molecular weight is 254 g/mol. The van der Waals surface area contributed by atoms with E-state index < -0.39 is 0 Å². The van der Waals surface area contributed by atoms with E-state index in [2.05, 4.69) is 31.0 Å². The van der Waals surface area contributed by atoms with Gasteiger partial charge < -0.3 is 14.5 Å². The Morgan fingerprint density at radius 2 is 2.22 bits per heavy atom. The molecule has 0 saturated carbocycles. The van der Waals surface area contributed by atoms with Crippen molar-refractivity contribution in [3.8, 4) is 0 Å². The van der Waals surface area contributed by atoms with E-state index in [1.807, 2.05) is 12.1 Å². The van der Waals surface area contributed by atoms with Crippen molar-refractivity contribution < 1.29 is 9.15 Å². The Balaban J connectivity index is 2.55. The lowest BCUT2D eigenvalue weighted by atomic mass is 10.2.